The van der Waals surface area contributed by atoms with Crippen molar-refractivity contribution in [1.29, 1.82) is 0 Å². The van der Waals surface area contributed by atoms with Crippen LogP contribution < -0.4 is 0 Å². The molecule has 0 spiro atoms. The molecular weight excluding hydrogens is 252 g/mol. The van der Waals surface area contributed by atoms with Crippen LogP contribution in [0.2, 0.25) is 0 Å². The minimum atomic E-state index is -0.408. The normalized spacial score (nSPS) is 12.1. The van der Waals surface area contributed by atoms with Gasteiger partial charge in [0.25, 0.3) is 0 Å². The van der Waals surface area contributed by atoms with Crippen molar-refractivity contribution >= 4 is 12.3 Å². The first-order chi connectivity index (χ1) is 9.40. The van der Waals surface area contributed by atoms with Gasteiger partial charge < -0.3 is 4.74 Å². The van der Waals surface area contributed by atoms with Gasteiger partial charge >= 0.3 is 5.97 Å². The number of hydrogen-bond acceptors (Lipinski definition) is 3. The van der Waals surface area contributed by atoms with E-state index in [0.717, 1.165) is 6.29 Å². The van der Waals surface area contributed by atoms with Crippen LogP contribution in [-0.2, 0) is 14.3 Å². The predicted octanol–water partition coefficient (Wildman–Crippen LogP) is 4.03. The highest BCUT2D eigenvalue weighted by Crippen LogP contribution is 2.14. The first-order valence-electron chi connectivity index (χ1n) is 6.58. The number of carbonyl (C=O) groups is 2. The van der Waals surface area contributed by atoms with Crippen LogP contribution in [0.15, 0.2) is 48.6 Å². The molecule has 0 saturated carbocycles. The van der Waals surface area contributed by atoms with E-state index in [1.54, 1.807) is 12.2 Å². The molecule has 0 N–H and O–H groups in total. The van der Waals surface area contributed by atoms with E-state index in [0.29, 0.717) is 6.61 Å². The Balaban J connectivity index is 0. The Bertz CT molecular complexity index is 366. The summed E-state index contributed by atoms with van der Waals surface area (Å²) in [5, 5.41) is 0. The first-order valence-corrected chi connectivity index (χ1v) is 6.58. The van der Waals surface area contributed by atoms with Crippen LogP contribution in [0.3, 0.4) is 0 Å². The minimum absolute atomic E-state index is 0.169. The largest absolute Gasteiger partial charge is 0.461 e. The van der Waals surface area contributed by atoms with Gasteiger partial charge in [-0.3, -0.25) is 9.59 Å². The number of hydrogen-bond donors (Lipinski definition) is 0. The third-order valence-corrected chi connectivity index (χ3v) is 1.86. The third kappa shape index (κ3) is 16.1. The smallest absolute Gasteiger partial charge is 0.311 e. The van der Waals surface area contributed by atoms with Crippen LogP contribution in [0.1, 0.15) is 34.6 Å². The van der Waals surface area contributed by atoms with Crippen molar-refractivity contribution in [3.05, 3.63) is 48.6 Å². The summed E-state index contributed by atoms with van der Waals surface area (Å²) in [7, 11) is 0. The predicted molar refractivity (Wildman–Crippen MR) is 84.4 cm³/mol. The molecule has 0 unspecified atom stereocenters. The number of rotatable bonds is 5. The highest BCUT2D eigenvalue weighted by atomic mass is 16.5. The molecule has 112 valence electrons. The van der Waals surface area contributed by atoms with Gasteiger partial charge in [0.15, 0.2) is 0 Å². The lowest BCUT2D eigenvalue weighted by Gasteiger charge is -2.15. The lowest BCUT2D eigenvalue weighted by Crippen LogP contribution is -2.22. The van der Waals surface area contributed by atoms with Gasteiger partial charge in [0.05, 0.1) is 5.41 Å². The average molecular weight is 278 g/mol. The Morgan fingerprint density at radius 2 is 1.50 bits per heavy atom. The lowest BCUT2D eigenvalue weighted by molar-refractivity contribution is -0.151. The summed E-state index contributed by atoms with van der Waals surface area (Å²) >= 11 is 0. The van der Waals surface area contributed by atoms with Gasteiger partial charge in [-0.05, 0) is 46.8 Å². The average Bonchev–Trinajstić information content (AvgIpc) is 2.38. The highest BCUT2D eigenvalue weighted by Gasteiger charge is 2.22. The molecule has 0 aromatic heterocycles. The SMILES string of the molecule is CC=CC=CC=O.CC=CC=CCOC(=O)C(C)(C)C. The molecule has 0 saturated heterocycles. The van der Waals surface area contributed by atoms with Crippen molar-refractivity contribution in [3.63, 3.8) is 0 Å². The van der Waals surface area contributed by atoms with Crippen LogP contribution in [0, 0.1) is 5.41 Å². The number of ether oxygens (including phenoxy) is 1. The van der Waals surface area contributed by atoms with Crippen LogP contribution in [0.4, 0.5) is 0 Å². The second-order valence-electron chi connectivity index (χ2n) is 4.85. The van der Waals surface area contributed by atoms with Gasteiger partial charge in [-0.25, -0.2) is 0 Å². The Morgan fingerprint density at radius 1 is 0.950 bits per heavy atom. The zero-order chi connectivity index (χ0) is 15.9. The molecule has 0 aliphatic rings. The van der Waals surface area contributed by atoms with Gasteiger partial charge in [0, 0.05) is 0 Å². The molecule has 0 amide bonds. The van der Waals surface area contributed by atoms with E-state index in [1.165, 1.54) is 6.08 Å². The molecule has 20 heavy (non-hydrogen) atoms. The van der Waals surface area contributed by atoms with Crippen molar-refractivity contribution in [2.75, 3.05) is 6.61 Å². The number of carbonyl (C=O) groups excluding carboxylic acids is 2. The summed E-state index contributed by atoms with van der Waals surface area (Å²) in [6, 6.07) is 0. The molecule has 0 atom stereocenters. The van der Waals surface area contributed by atoms with Gasteiger partial charge in [-0.2, -0.15) is 0 Å². The Hall–Kier alpha value is -1.90. The van der Waals surface area contributed by atoms with E-state index in [2.05, 4.69) is 0 Å². The molecule has 0 fully saturated rings. The zero-order valence-electron chi connectivity index (χ0n) is 13.1. The fourth-order valence-corrected chi connectivity index (χ4v) is 0.806. The van der Waals surface area contributed by atoms with Gasteiger partial charge in [0.1, 0.15) is 12.9 Å². The van der Waals surface area contributed by atoms with Crippen molar-refractivity contribution in [2.45, 2.75) is 34.6 Å². The van der Waals surface area contributed by atoms with Gasteiger partial charge in [-0.15, -0.1) is 0 Å². The van der Waals surface area contributed by atoms with E-state index in [9.17, 15) is 9.59 Å². The van der Waals surface area contributed by atoms with E-state index < -0.39 is 5.41 Å². The second-order valence-corrected chi connectivity index (χ2v) is 4.85. The van der Waals surface area contributed by atoms with Gasteiger partial charge in [-0.1, -0.05) is 36.5 Å². The topological polar surface area (TPSA) is 43.4 Å². The monoisotopic (exact) mass is 278 g/mol. The summed E-state index contributed by atoms with van der Waals surface area (Å²) in [6.45, 7) is 9.70. The Labute approximate surface area is 122 Å². The molecule has 0 aliphatic heterocycles. The molecule has 0 radical (unpaired) electrons. The standard InChI is InChI=1S/C11H18O2.C6H8O/c1-5-6-7-8-9-13-10(12)11(2,3)4;1-2-3-4-5-6-7/h5-8H,9H2,1-4H3;2-6H,1H3. The quantitative estimate of drug-likeness (QED) is 0.330. The fraction of sp³-hybridized carbons (Fsp3) is 0.412. The third-order valence-electron chi connectivity index (χ3n) is 1.86. The number of aldehydes is 1. The van der Waals surface area contributed by atoms with Crippen molar-refractivity contribution < 1.29 is 14.3 Å². The summed E-state index contributed by atoms with van der Waals surface area (Å²) in [5.74, 6) is -0.169. The maximum absolute atomic E-state index is 11.2. The Morgan fingerprint density at radius 3 is 1.95 bits per heavy atom. The van der Waals surface area contributed by atoms with Crippen LogP contribution in [-0.4, -0.2) is 18.9 Å². The molecule has 0 aliphatic carbocycles. The maximum atomic E-state index is 11.2. The van der Waals surface area contributed by atoms with Crippen molar-refractivity contribution in [1.82, 2.24) is 0 Å². The van der Waals surface area contributed by atoms with E-state index >= 15 is 0 Å². The molecule has 0 bridgehead atoms. The summed E-state index contributed by atoms with van der Waals surface area (Å²) in [6.07, 6.45) is 15.0. The number of esters is 1. The molecule has 0 heterocycles. The maximum Gasteiger partial charge on any atom is 0.311 e. The summed E-state index contributed by atoms with van der Waals surface area (Å²) < 4.78 is 4.99. The summed E-state index contributed by atoms with van der Waals surface area (Å²) in [5.41, 5.74) is -0.408. The molecule has 0 aromatic carbocycles. The molecule has 3 nitrogen and oxygen atoms in total. The second kappa shape index (κ2) is 13.5. The molecule has 0 aromatic rings. The van der Waals surface area contributed by atoms with Gasteiger partial charge in [0.2, 0.25) is 0 Å². The highest BCUT2D eigenvalue weighted by molar-refractivity contribution is 5.75. The Kier molecular flexibility index (Phi) is 13.8. The minimum Gasteiger partial charge on any atom is -0.461 e. The fourth-order valence-electron chi connectivity index (χ4n) is 0.806. The van der Waals surface area contributed by atoms with Crippen LogP contribution in [0.25, 0.3) is 0 Å². The zero-order valence-corrected chi connectivity index (χ0v) is 13.1. The number of allylic oxidation sites excluding steroid dienone is 7. The lowest BCUT2D eigenvalue weighted by atomic mass is 9.97. The van der Waals surface area contributed by atoms with E-state index in [4.69, 9.17) is 4.74 Å². The molecular formula is C17H26O3. The van der Waals surface area contributed by atoms with Crippen molar-refractivity contribution in [3.8, 4) is 0 Å². The van der Waals surface area contributed by atoms with Crippen molar-refractivity contribution in [2.24, 2.45) is 5.41 Å². The van der Waals surface area contributed by atoms with Crippen LogP contribution >= 0.6 is 0 Å². The van der Waals surface area contributed by atoms with E-state index in [1.807, 2.05) is 65.0 Å². The van der Waals surface area contributed by atoms with Crippen LogP contribution in [0.5, 0.6) is 0 Å². The van der Waals surface area contributed by atoms with E-state index in [-0.39, 0.29) is 5.97 Å². The summed E-state index contributed by atoms with van der Waals surface area (Å²) in [4.78, 5) is 20.8. The first kappa shape index (κ1) is 20.4. The molecule has 0 rings (SSSR count). The molecule has 3 heteroatoms.